The van der Waals surface area contributed by atoms with E-state index in [1.165, 1.54) is 12.3 Å². The molecular formula is C13H10ClNO3. The number of ether oxygens (including phenoxy) is 1. The number of pyridine rings is 1. The molecule has 0 radical (unpaired) electrons. The molecule has 2 rings (SSSR count). The number of rotatable bonds is 3. The van der Waals surface area contributed by atoms with E-state index in [4.69, 9.17) is 21.4 Å². The van der Waals surface area contributed by atoms with Crippen LogP contribution in [0, 0.1) is 6.92 Å². The molecule has 4 nitrogen and oxygen atoms in total. The molecule has 0 aliphatic rings. The number of nitrogens with zero attached hydrogens (tertiary/aromatic N) is 1. The predicted molar refractivity (Wildman–Crippen MR) is 67.5 cm³/mol. The number of aryl methyl sites for hydroxylation is 1. The summed E-state index contributed by atoms with van der Waals surface area (Å²) in [4.78, 5) is 15.0. The number of carboxylic acids is 1. The zero-order chi connectivity index (χ0) is 13.1. The highest BCUT2D eigenvalue weighted by Crippen LogP contribution is 2.25. The van der Waals surface area contributed by atoms with Gasteiger partial charge in [0.1, 0.15) is 11.3 Å². The Balaban J connectivity index is 2.35. The highest BCUT2D eigenvalue weighted by molar-refractivity contribution is 6.30. The first-order valence-corrected chi connectivity index (χ1v) is 5.57. The minimum absolute atomic E-state index is 0.0948. The van der Waals surface area contributed by atoms with E-state index in [0.717, 1.165) is 5.56 Å². The van der Waals surface area contributed by atoms with E-state index in [9.17, 15) is 4.79 Å². The molecule has 5 heteroatoms. The predicted octanol–water partition coefficient (Wildman–Crippen LogP) is 3.53. The third-order valence-electron chi connectivity index (χ3n) is 2.28. The average Bonchev–Trinajstić information content (AvgIpc) is 2.32. The summed E-state index contributed by atoms with van der Waals surface area (Å²) in [5.41, 5.74) is 1.00. The molecule has 0 atom stereocenters. The van der Waals surface area contributed by atoms with Crippen LogP contribution in [0.1, 0.15) is 15.9 Å². The Labute approximate surface area is 109 Å². The Morgan fingerprint density at radius 2 is 2.11 bits per heavy atom. The van der Waals surface area contributed by atoms with Crippen molar-refractivity contribution in [3.8, 4) is 11.6 Å². The van der Waals surface area contributed by atoms with Gasteiger partial charge >= 0.3 is 5.97 Å². The summed E-state index contributed by atoms with van der Waals surface area (Å²) in [6, 6.07) is 8.07. The van der Waals surface area contributed by atoms with Crippen LogP contribution in [-0.4, -0.2) is 16.1 Å². The van der Waals surface area contributed by atoms with E-state index < -0.39 is 5.97 Å². The highest BCUT2D eigenvalue weighted by Gasteiger charge is 2.12. The number of aromatic carboxylic acids is 1. The first kappa shape index (κ1) is 12.4. The molecule has 0 spiro atoms. The molecule has 1 heterocycles. The van der Waals surface area contributed by atoms with Crippen molar-refractivity contribution in [3.05, 3.63) is 52.7 Å². The van der Waals surface area contributed by atoms with Gasteiger partial charge in [0.2, 0.25) is 5.88 Å². The second kappa shape index (κ2) is 5.06. The smallest absolute Gasteiger partial charge is 0.339 e. The Morgan fingerprint density at radius 1 is 1.33 bits per heavy atom. The summed E-state index contributed by atoms with van der Waals surface area (Å²) < 4.78 is 5.46. The quantitative estimate of drug-likeness (QED) is 0.920. The lowest BCUT2D eigenvalue weighted by atomic mass is 10.1. The molecule has 1 N–H and O–H groups in total. The summed E-state index contributed by atoms with van der Waals surface area (Å²) in [6.45, 7) is 1.85. The Hall–Kier alpha value is -2.07. The first-order chi connectivity index (χ1) is 8.56. The third kappa shape index (κ3) is 2.78. The zero-order valence-corrected chi connectivity index (χ0v) is 10.3. The Morgan fingerprint density at radius 3 is 2.72 bits per heavy atom. The van der Waals surface area contributed by atoms with E-state index in [-0.39, 0.29) is 11.3 Å². The minimum atomic E-state index is -1.04. The molecule has 1 aromatic heterocycles. The number of hydrogen-bond donors (Lipinski definition) is 1. The van der Waals surface area contributed by atoms with Crippen molar-refractivity contribution >= 4 is 17.6 Å². The van der Waals surface area contributed by atoms with E-state index in [1.54, 1.807) is 24.3 Å². The van der Waals surface area contributed by atoms with Gasteiger partial charge in [0.25, 0.3) is 0 Å². The van der Waals surface area contributed by atoms with Crippen LogP contribution < -0.4 is 4.74 Å². The van der Waals surface area contributed by atoms with Crippen molar-refractivity contribution in [2.24, 2.45) is 0 Å². The fraction of sp³-hybridized carbons (Fsp3) is 0.0769. The van der Waals surface area contributed by atoms with Gasteiger partial charge in [-0.2, -0.15) is 0 Å². The van der Waals surface area contributed by atoms with Gasteiger partial charge in [-0.15, -0.1) is 0 Å². The van der Waals surface area contributed by atoms with Crippen molar-refractivity contribution in [2.45, 2.75) is 6.92 Å². The number of hydrogen-bond acceptors (Lipinski definition) is 3. The van der Waals surface area contributed by atoms with Gasteiger partial charge < -0.3 is 9.84 Å². The van der Waals surface area contributed by atoms with Crippen molar-refractivity contribution < 1.29 is 14.6 Å². The van der Waals surface area contributed by atoms with Gasteiger partial charge in [-0.05, 0) is 30.7 Å². The summed E-state index contributed by atoms with van der Waals surface area (Å²) in [7, 11) is 0. The van der Waals surface area contributed by atoms with Crippen LogP contribution >= 0.6 is 11.6 Å². The van der Waals surface area contributed by atoms with Gasteiger partial charge in [0, 0.05) is 12.3 Å². The Bertz CT molecular complexity index is 581. The minimum Gasteiger partial charge on any atom is -0.478 e. The molecule has 0 unspecified atom stereocenters. The van der Waals surface area contributed by atoms with Crippen LogP contribution in [0.5, 0.6) is 11.6 Å². The van der Waals surface area contributed by atoms with Gasteiger partial charge in [-0.1, -0.05) is 17.7 Å². The Kier molecular flexibility index (Phi) is 3.48. The van der Waals surface area contributed by atoms with Crippen molar-refractivity contribution in [3.63, 3.8) is 0 Å². The van der Waals surface area contributed by atoms with Crippen LogP contribution in [0.15, 0.2) is 36.5 Å². The van der Waals surface area contributed by atoms with Crippen molar-refractivity contribution in [1.82, 2.24) is 4.98 Å². The summed E-state index contributed by atoms with van der Waals surface area (Å²) in [6.07, 6.45) is 1.44. The largest absolute Gasteiger partial charge is 0.478 e. The average molecular weight is 264 g/mol. The number of carbonyl (C=O) groups is 1. The number of halogens is 1. The lowest BCUT2D eigenvalue weighted by Crippen LogP contribution is -2.00. The van der Waals surface area contributed by atoms with Gasteiger partial charge in [-0.3, -0.25) is 0 Å². The highest BCUT2D eigenvalue weighted by atomic mass is 35.5. The molecule has 0 saturated heterocycles. The lowest BCUT2D eigenvalue weighted by molar-refractivity contribution is 0.0694. The molecule has 0 aliphatic heterocycles. The molecule has 0 amide bonds. The maximum Gasteiger partial charge on any atom is 0.339 e. The van der Waals surface area contributed by atoms with Crippen LogP contribution in [0.3, 0.4) is 0 Å². The third-order valence-corrected chi connectivity index (χ3v) is 2.51. The normalized spacial score (nSPS) is 10.1. The second-order valence-corrected chi connectivity index (χ2v) is 4.16. The van der Waals surface area contributed by atoms with E-state index in [1.807, 2.05) is 6.92 Å². The fourth-order valence-electron chi connectivity index (χ4n) is 1.43. The topological polar surface area (TPSA) is 59.4 Å². The second-order valence-electron chi connectivity index (χ2n) is 3.72. The summed E-state index contributed by atoms with van der Waals surface area (Å²) in [5, 5.41) is 9.55. The summed E-state index contributed by atoms with van der Waals surface area (Å²) in [5.74, 6) is -0.483. The summed E-state index contributed by atoms with van der Waals surface area (Å²) >= 11 is 5.71. The molecule has 0 aliphatic carbocycles. The molecule has 18 heavy (non-hydrogen) atoms. The molecule has 2 aromatic rings. The molecule has 0 bridgehead atoms. The van der Waals surface area contributed by atoms with Crippen LogP contribution in [0.4, 0.5) is 0 Å². The molecule has 0 fully saturated rings. The van der Waals surface area contributed by atoms with Crippen molar-refractivity contribution in [1.29, 1.82) is 0 Å². The first-order valence-electron chi connectivity index (χ1n) is 5.19. The van der Waals surface area contributed by atoms with Crippen LogP contribution in [-0.2, 0) is 0 Å². The fourth-order valence-corrected chi connectivity index (χ4v) is 1.54. The van der Waals surface area contributed by atoms with Crippen LogP contribution in [0.2, 0.25) is 5.02 Å². The molecule has 92 valence electrons. The SMILES string of the molecule is Cc1ccc(C(=O)O)c(Oc2ccc(Cl)cn2)c1. The maximum atomic E-state index is 11.1. The van der Waals surface area contributed by atoms with E-state index in [0.29, 0.717) is 10.9 Å². The molecular weight excluding hydrogens is 254 g/mol. The molecule has 0 saturated carbocycles. The number of aromatic nitrogens is 1. The number of carboxylic acid groups (broad SMARTS) is 1. The monoisotopic (exact) mass is 263 g/mol. The standard InChI is InChI=1S/C13H10ClNO3/c1-8-2-4-10(13(16)17)11(6-8)18-12-5-3-9(14)7-15-12/h2-7H,1H3,(H,16,17). The van der Waals surface area contributed by atoms with Gasteiger partial charge in [-0.25, -0.2) is 9.78 Å². The number of benzene rings is 1. The maximum absolute atomic E-state index is 11.1. The van der Waals surface area contributed by atoms with Crippen LogP contribution in [0.25, 0.3) is 0 Å². The van der Waals surface area contributed by atoms with E-state index in [2.05, 4.69) is 4.98 Å². The lowest BCUT2D eigenvalue weighted by Gasteiger charge is -2.08. The van der Waals surface area contributed by atoms with Crippen molar-refractivity contribution in [2.75, 3.05) is 0 Å². The van der Waals surface area contributed by atoms with Gasteiger partial charge in [0.05, 0.1) is 5.02 Å². The van der Waals surface area contributed by atoms with E-state index >= 15 is 0 Å². The zero-order valence-electron chi connectivity index (χ0n) is 9.55. The molecule has 1 aromatic carbocycles. The van der Waals surface area contributed by atoms with Gasteiger partial charge in [0.15, 0.2) is 0 Å².